The molecule has 2 aromatic rings. The van der Waals surface area contributed by atoms with Crippen molar-refractivity contribution in [2.45, 2.75) is 23.8 Å². The lowest BCUT2D eigenvalue weighted by molar-refractivity contribution is 0.0787. The van der Waals surface area contributed by atoms with Gasteiger partial charge in [-0.1, -0.05) is 18.2 Å². The van der Waals surface area contributed by atoms with E-state index < -0.39 is 16.1 Å². The van der Waals surface area contributed by atoms with Gasteiger partial charge in [0.05, 0.1) is 6.04 Å². The second-order valence-electron chi connectivity index (χ2n) is 6.27. The minimum Gasteiger partial charge on any atom is -0.491 e. The molecule has 0 spiro atoms. The number of carbonyl (C=O) groups excluding carboxylic acids is 1. The fourth-order valence-corrected chi connectivity index (χ4v) is 4.45. The van der Waals surface area contributed by atoms with E-state index in [1.54, 1.807) is 4.90 Å². The van der Waals surface area contributed by atoms with Crippen LogP contribution in [0.3, 0.4) is 0 Å². The molecule has 2 aliphatic heterocycles. The van der Waals surface area contributed by atoms with Gasteiger partial charge < -0.3 is 14.6 Å². The van der Waals surface area contributed by atoms with E-state index in [1.807, 2.05) is 24.3 Å². The third kappa shape index (κ3) is 3.03. The molecule has 1 aromatic heterocycles. The number of H-pyrrole nitrogens is 1. The zero-order valence-electron chi connectivity index (χ0n) is 13.6. The molecule has 3 heterocycles. The average Bonchev–Trinajstić information content (AvgIpc) is 3.35. The largest absolute Gasteiger partial charge is 0.491 e. The Labute approximate surface area is 146 Å². The zero-order valence-corrected chi connectivity index (χ0v) is 14.4. The SMILES string of the molecule is O=C(c1cc(S(=O)(=O)NC2COc3ccccc32)c[nH]1)N1CCCC1. The first-order valence-electron chi connectivity index (χ1n) is 8.26. The number of hydrogen-bond donors (Lipinski definition) is 2. The van der Waals surface area contributed by atoms with Gasteiger partial charge >= 0.3 is 0 Å². The number of nitrogens with one attached hydrogen (secondary N) is 2. The van der Waals surface area contributed by atoms with Crippen molar-refractivity contribution in [2.75, 3.05) is 19.7 Å². The van der Waals surface area contributed by atoms with E-state index >= 15 is 0 Å². The molecule has 1 fully saturated rings. The van der Waals surface area contributed by atoms with E-state index in [4.69, 9.17) is 4.74 Å². The van der Waals surface area contributed by atoms with Crippen LogP contribution in [0.4, 0.5) is 0 Å². The monoisotopic (exact) mass is 361 g/mol. The molecule has 4 rings (SSSR count). The Bertz CT molecular complexity index is 900. The number of aromatic amines is 1. The van der Waals surface area contributed by atoms with E-state index in [2.05, 4.69) is 9.71 Å². The number of nitrogens with zero attached hydrogens (tertiary/aromatic N) is 1. The summed E-state index contributed by atoms with van der Waals surface area (Å²) in [5.41, 5.74) is 1.11. The lowest BCUT2D eigenvalue weighted by Gasteiger charge is -2.13. The molecule has 7 nitrogen and oxygen atoms in total. The summed E-state index contributed by atoms with van der Waals surface area (Å²) in [4.78, 5) is 16.9. The second-order valence-corrected chi connectivity index (χ2v) is 7.99. The van der Waals surface area contributed by atoms with Gasteiger partial charge in [0.15, 0.2) is 0 Å². The Morgan fingerprint density at radius 3 is 2.80 bits per heavy atom. The van der Waals surface area contributed by atoms with Crippen LogP contribution in [0.25, 0.3) is 0 Å². The summed E-state index contributed by atoms with van der Waals surface area (Å²) in [7, 11) is -3.75. The fraction of sp³-hybridized carbons (Fsp3) is 0.353. The molecule has 2 N–H and O–H groups in total. The van der Waals surface area contributed by atoms with Gasteiger partial charge in [0.1, 0.15) is 22.9 Å². The fourth-order valence-electron chi connectivity index (χ4n) is 3.26. The highest BCUT2D eigenvalue weighted by molar-refractivity contribution is 7.89. The van der Waals surface area contributed by atoms with Gasteiger partial charge in [0.2, 0.25) is 10.0 Å². The second kappa shape index (κ2) is 6.20. The van der Waals surface area contributed by atoms with E-state index in [0.717, 1.165) is 18.4 Å². The van der Waals surface area contributed by atoms with Gasteiger partial charge in [0, 0.05) is 24.8 Å². The van der Waals surface area contributed by atoms with Crippen molar-refractivity contribution >= 4 is 15.9 Å². The quantitative estimate of drug-likeness (QED) is 0.866. The highest BCUT2D eigenvalue weighted by atomic mass is 32.2. The Morgan fingerprint density at radius 1 is 1.24 bits per heavy atom. The van der Waals surface area contributed by atoms with E-state index in [1.165, 1.54) is 12.3 Å². The summed E-state index contributed by atoms with van der Waals surface area (Å²) in [6, 6.07) is 8.30. The van der Waals surface area contributed by atoms with Crippen molar-refractivity contribution < 1.29 is 17.9 Å². The maximum atomic E-state index is 12.6. The molecule has 0 saturated carbocycles. The number of aromatic nitrogens is 1. The molecule has 1 aromatic carbocycles. The summed E-state index contributed by atoms with van der Waals surface area (Å²) in [5, 5.41) is 0. The minimum absolute atomic E-state index is 0.0550. The van der Waals surface area contributed by atoms with Gasteiger partial charge in [-0.3, -0.25) is 4.79 Å². The molecule has 1 unspecified atom stereocenters. The third-order valence-electron chi connectivity index (χ3n) is 4.59. The normalized spacial score (nSPS) is 19.7. The average molecular weight is 361 g/mol. The lowest BCUT2D eigenvalue weighted by atomic mass is 10.1. The van der Waals surface area contributed by atoms with E-state index in [0.29, 0.717) is 24.5 Å². The first-order chi connectivity index (χ1) is 12.0. The molecule has 2 aliphatic rings. The third-order valence-corrected chi connectivity index (χ3v) is 6.04. The molecule has 0 radical (unpaired) electrons. The topological polar surface area (TPSA) is 91.5 Å². The van der Waals surface area contributed by atoms with Crippen LogP contribution >= 0.6 is 0 Å². The Balaban J connectivity index is 1.52. The molecule has 1 amide bonds. The zero-order chi connectivity index (χ0) is 17.4. The number of rotatable bonds is 4. The van der Waals surface area contributed by atoms with Gasteiger partial charge in [0.25, 0.3) is 5.91 Å². The highest BCUT2D eigenvalue weighted by Gasteiger charge is 2.30. The smallest absolute Gasteiger partial charge is 0.270 e. The Hall–Kier alpha value is -2.32. The maximum absolute atomic E-state index is 12.6. The van der Waals surface area contributed by atoms with Crippen LogP contribution in [0.5, 0.6) is 5.75 Å². The number of sulfonamides is 1. The summed E-state index contributed by atoms with van der Waals surface area (Å²) in [6.07, 6.45) is 3.33. The molecular formula is C17H19N3O4S. The molecule has 0 bridgehead atoms. The molecule has 132 valence electrons. The molecule has 8 heteroatoms. The number of benzene rings is 1. The van der Waals surface area contributed by atoms with Crippen molar-refractivity contribution in [3.05, 3.63) is 47.8 Å². The number of likely N-dealkylation sites (tertiary alicyclic amines) is 1. The highest BCUT2D eigenvalue weighted by Crippen LogP contribution is 2.32. The summed E-state index contributed by atoms with van der Waals surface area (Å²) in [5.74, 6) is 0.530. The number of hydrogen-bond acceptors (Lipinski definition) is 4. The number of amides is 1. The minimum atomic E-state index is -3.75. The molecule has 0 aliphatic carbocycles. The first kappa shape index (κ1) is 16.2. The number of para-hydroxylation sites is 1. The van der Waals surface area contributed by atoms with Gasteiger partial charge in [-0.25, -0.2) is 13.1 Å². The van der Waals surface area contributed by atoms with Gasteiger partial charge in [-0.2, -0.15) is 0 Å². The Kier molecular flexibility index (Phi) is 4.01. The van der Waals surface area contributed by atoms with Crippen LogP contribution in [-0.4, -0.2) is 43.9 Å². The van der Waals surface area contributed by atoms with Crippen LogP contribution in [0.15, 0.2) is 41.4 Å². The predicted molar refractivity (Wildman–Crippen MR) is 90.9 cm³/mol. The summed E-state index contributed by atoms with van der Waals surface area (Å²) >= 11 is 0. The summed E-state index contributed by atoms with van der Waals surface area (Å²) < 4.78 is 33.4. The summed E-state index contributed by atoms with van der Waals surface area (Å²) in [6.45, 7) is 1.69. The molecule has 25 heavy (non-hydrogen) atoms. The van der Waals surface area contributed by atoms with Crippen LogP contribution in [0.1, 0.15) is 34.9 Å². The van der Waals surface area contributed by atoms with Crippen LogP contribution in [0, 0.1) is 0 Å². The van der Waals surface area contributed by atoms with Crippen molar-refractivity contribution in [3.8, 4) is 5.75 Å². The molecular weight excluding hydrogens is 342 g/mol. The van der Waals surface area contributed by atoms with Crippen molar-refractivity contribution in [1.29, 1.82) is 0 Å². The Morgan fingerprint density at radius 2 is 2.00 bits per heavy atom. The van der Waals surface area contributed by atoms with E-state index in [-0.39, 0.29) is 17.4 Å². The van der Waals surface area contributed by atoms with Crippen molar-refractivity contribution in [1.82, 2.24) is 14.6 Å². The maximum Gasteiger partial charge on any atom is 0.270 e. The van der Waals surface area contributed by atoms with E-state index in [9.17, 15) is 13.2 Å². The van der Waals surface area contributed by atoms with Crippen LogP contribution in [0.2, 0.25) is 0 Å². The number of ether oxygens (including phenoxy) is 1. The van der Waals surface area contributed by atoms with Crippen LogP contribution in [-0.2, 0) is 10.0 Å². The number of carbonyl (C=O) groups is 1. The van der Waals surface area contributed by atoms with Gasteiger partial charge in [-0.05, 0) is 25.0 Å². The van der Waals surface area contributed by atoms with Gasteiger partial charge in [-0.15, -0.1) is 0 Å². The lowest BCUT2D eigenvalue weighted by Crippen LogP contribution is -2.29. The van der Waals surface area contributed by atoms with Crippen LogP contribution < -0.4 is 9.46 Å². The molecule has 1 saturated heterocycles. The molecule has 1 atom stereocenters. The predicted octanol–water partition coefficient (Wildman–Crippen LogP) is 1.66. The first-order valence-corrected chi connectivity index (χ1v) is 9.75. The van der Waals surface area contributed by atoms with Crippen molar-refractivity contribution in [3.63, 3.8) is 0 Å². The number of fused-ring (bicyclic) bond motifs is 1. The standard InChI is InChI=1S/C17H19N3O4S/c21-17(20-7-3-4-8-20)14-9-12(10-18-14)25(22,23)19-15-11-24-16-6-2-1-5-13(15)16/h1-2,5-6,9-10,15,18-19H,3-4,7-8,11H2. The van der Waals surface area contributed by atoms with Crippen molar-refractivity contribution in [2.24, 2.45) is 0 Å².